The molecule has 0 aromatic heterocycles. The maximum absolute atomic E-state index is 12.7. The van der Waals surface area contributed by atoms with E-state index in [9.17, 15) is 9.59 Å². The number of piperidine rings is 1. The van der Waals surface area contributed by atoms with Gasteiger partial charge in [-0.15, -0.1) is 0 Å². The maximum atomic E-state index is 12.7. The largest absolute Gasteiger partial charge is 0.378 e. The van der Waals surface area contributed by atoms with Gasteiger partial charge in [-0.25, -0.2) is 0 Å². The van der Waals surface area contributed by atoms with Gasteiger partial charge in [0.25, 0.3) is 0 Å². The van der Waals surface area contributed by atoms with Crippen molar-refractivity contribution in [2.75, 3.05) is 45.9 Å². The SMILES string of the molecule is O=C(CN1CCCC(C(=O)N2CCOCC2)C1)NCc1cccc(Cl)c1. The molecule has 1 N–H and O–H groups in total. The van der Waals surface area contributed by atoms with Crippen molar-refractivity contribution in [2.45, 2.75) is 19.4 Å². The van der Waals surface area contributed by atoms with E-state index in [1.165, 1.54) is 0 Å². The summed E-state index contributed by atoms with van der Waals surface area (Å²) in [6.07, 6.45) is 1.85. The number of morpholine rings is 1. The quantitative estimate of drug-likeness (QED) is 0.842. The Bertz CT molecular complexity index is 634. The molecule has 2 fully saturated rings. The van der Waals surface area contributed by atoms with Crippen molar-refractivity contribution >= 4 is 23.4 Å². The predicted molar refractivity (Wildman–Crippen MR) is 99.9 cm³/mol. The minimum absolute atomic E-state index is 0.0115. The number of carbonyl (C=O) groups excluding carboxylic acids is 2. The highest BCUT2D eigenvalue weighted by Crippen LogP contribution is 2.19. The highest BCUT2D eigenvalue weighted by molar-refractivity contribution is 6.30. The summed E-state index contributed by atoms with van der Waals surface area (Å²) < 4.78 is 5.32. The maximum Gasteiger partial charge on any atom is 0.234 e. The Labute approximate surface area is 159 Å². The van der Waals surface area contributed by atoms with E-state index >= 15 is 0 Å². The summed E-state index contributed by atoms with van der Waals surface area (Å²) in [4.78, 5) is 28.9. The summed E-state index contributed by atoms with van der Waals surface area (Å²) in [5.41, 5.74) is 0.977. The lowest BCUT2D eigenvalue weighted by molar-refractivity contribution is -0.142. The van der Waals surface area contributed by atoms with E-state index in [1.54, 1.807) is 0 Å². The molecule has 7 heteroatoms. The van der Waals surface area contributed by atoms with Gasteiger partial charge in [-0.05, 0) is 37.1 Å². The fraction of sp³-hybridized carbons (Fsp3) is 0.579. The number of ether oxygens (including phenoxy) is 1. The first-order valence-corrected chi connectivity index (χ1v) is 9.59. The molecule has 0 aliphatic carbocycles. The molecule has 26 heavy (non-hydrogen) atoms. The number of carbonyl (C=O) groups is 2. The van der Waals surface area contributed by atoms with Crippen molar-refractivity contribution < 1.29 is 14.3 Å². The number of nitrogens with zero attached hydrogens (tertiary/aromatic N) is 2. The third-order valence-electron chi connectivity index (χ3n) is 4.92. The van der Waals surface area contributed by atoms with Crippen molar-refractivity contribution in [3.63, 3.8) is 0 Å². The van der Waals surface area contributed by atoms with Gasteiger partial charge in [-0.2, -0.15) is 0 Å². The number of likely N-dealkylation sites (tertiary alicyclic amines) is 1. The zero-order valence-electron chi connectivity index (χ0n) is 15.0. The number of benzene rings is 1. The molecule has 3 rings (SSSR count). The van der Waals surface area contributed by atoms with Crippen LogP contribution < -0.4 is 5.32 Å². The summed E-state index contributed by atoms with van der Waals surface area (Å²) in [6.45, 7) is 4.89. The van der Waals surface area contributed by atoms with Gasteiger partial charge in [0.1, 0.15) is 0 Å². The Morgan fingerprint density at radius 2 is 2.04 bits per heavy atom. The Hall–Kier alpha value is -1.63. The van der Waals surface area contributed by atoms with Gasteiger partial charge in [0.2, 0.25) is 11.8 Å². The average Bonchev–Trinajstić information content (AvgIpc) is 2.67. The summed E-state index contributed by atoms with van der Waals surface area (Å²) >= 11 is 5.96. The molecule has 2 amide bonds. The first-order chi connectivity index (χ1) is 12.6. The molecule has 2 aliphatic rings. The molecule has 0 spiro atoms. The van der Waals surface area contributed by atoms with E-state index in [0.29, 0.717) is 51.0 Å². The van der Waals surface area contributed by atoms with Crippen molar-refractivity contribution in [3.8, 4) is 0 Å². The van der Waals surface area contributed by atoms with Crippen LogP contribution in [0.2, 0.25) is 5.02 Å². The molecule has 0 bridgehead atoms. The molecule has 1 unspecified atom stereocenters. The number of amides is 2. The van der Waals surface area contributed by atoms with Gasteiger partial charge in [0.05, 0.1) is 25.7 Å². The Morgan fingerprint density at radius 1 is 1.23 bits per heavy atom. The van der Waals surface area contributed by atoms with Gasteiger partial charge in [0.15, 0.2) is 0 Å². The minimum atomic E-state index is -0.0237. The van der Waals surface area contributed by atoms with E-state index < -0.39 is 0 Å². The average molecular weight is 380 g/mol. The van der Waals surface area contributed by atoms with Crippen LogP contribution in [0.4, 0.5) is 0 Å². The topological polar surface area (TPSA) is 61.9 Å². The highest BCUT2D eigenvalue weighted by Gasteiger charge is 2.30. The molecule has 1 aromatic carbocycles. The molecule has 2 aliphatic heterocycles. The molecule has 1 aromatic rings. The second kappa shape index (κ2) is 9.35. The highest BCUT2D eigenvalue weighted by atomic mass is 35.5. The number of rotatable bonds is 5. The van der Waals surface area contributed by atoms with Crippen molar-refractivity contribution in [3.05, 3.63) is 34.9 Å². The minimum Gasteiger partial charge on any atom is -0.378 e. The summed E-state index contributed by atoms with van der Waals surface area (Å²) in [6, 6.07) is 7.46. The Morgan fingerprint density at radius 3 is 2.81 bits per heavy atom. The molecule has 142 valence electrons. The van der Waals surface area contributed by atoms with E-state index in [4.69, 9.17) is 16.3 Å². The van der Waals surface area contributed by atoms with E-state index in [-0.39, 0.29) is 17.7 Å². The van der Waals surface area contributed by atoms with E-state index in [1.807, 2.05) is 29.2 Å². The number of halogens is 1. The summed E-state index contributed by atoms with van der Waals surface area (Å²) in [7, 11) is 0. The van der Waals surface area contributed by atoms with Crippen LogP contribution in [0.25, 0.3) is 0 Å². The first kappa shape index (κ1) is 19.1. The monoisotopic (exact) mass is 379 g/mol. The van der Waals surface area contributed by atoms with Crippen LogP contribution in [0.3, 0.4) is 0 Å². The third-order valence-corrected chi connectivity index (χ3v) is 5.16. The molecule has 1 atom stereocenters. The summed E-state index contributed by atoms with van der Waals surface area (Å²) in [5.74, 6) is 0.171. The van der Waals surface area contributed by atoms with Crippen molar-refractivity contribution in [1.29, 1.82) is 0 Å². The van der Waals surface area contributed by atoms with Crippen LogP contribution in [-0.2, 0) is 20.9 Å². The van der Waals surface area contributed by atoms with Crippen LogP contribution in [0.5, 0.6) is 0 Å². The molecule has 2 heterocycles. The third kappa shape index (κ3) is 5.43. The van der Waals surface area contributed by atoms with Crippen LogP contribution in [0.1, 0.15) is 18.4 Å². The van der Waals surface area contributed by atoms with E-state index in [0.717, 1.165) is 24.9 Å². The lowest BCUT2D eigenvalue weighted by Crippen LogP contribution is -2.49. The molecule has 0 radical (unpaired) electrons. The fourth-order valence-corrected chi connectivity index (χ4v) is 3.76. The van der Waals surface area contributed by atoms with Gasteiger partial charge in [-0.3, -0.25) is 14.5 Å². The second-order valence-corrected chi connectivity index (χ2v) is 7.36. The van der Waals surface area contributed by atoms with Crippen LogP contribution in [0, 0.1) is 5.92 Å². The van der Waals surface area contributed by atoms with Crippen molar-refractivity contribution in [2.24, 2.45) is 5.92 Å². The number of nitrogens with one attached hydrogen (secondary N) is 1. The number of hydrogen-bond acceptors (Lipinski definition) is 4. The fourth-order valence-electron chi connectivity index (χ4n) is 3.55. The Kier molecular flexibility index (Phi) is 6.88. The smallest absolute Gasteiger partial charge is 0.234 e. The first-order valence-electron chi connectivity index (χ1n) is 9.22. The molecule has 2 saturated heterocycles. The number of hydrogen-bond donors (Lipinski definition) is 1. The standard InChI is InChI=1S/C19H26ClN3O3/c20-17-5-1-3-15(11-17)12-21-18(24)14-22-6-2-4-16(13-22)19(25)23-7-9-26-10-8-23/h1,3,5,11,16H,2,4,6-10,12-14H2,(H,21,24). The molecular formula is C19H26ClN3O3. The molecular weight excluding hydrogens is 354 g/mol. The zero-order valence-corrected chi connectivity index (χ0v) is 15.7. The van der Waals surface area contributed by atoms with Crippen LogP contribution in [0.15, 0.2) is 24.3 Å². The van der Waals surface area contributed by atoms with Crippen LogP contribution >= 0.6 is 11.6 Å². The van der Waals surface area contributed by atoms with Gasteiger partial charge >= 0.3 is 0 Å². The van der Waals surface area contributed by atoms with Gasteiger partial charge in [-0.1, -0.05) is 23.7 Å². The molecule has 0 saturated carbocycles. The lowest BCUT2D eigenvalue weighted by Gasteiger charge is -2.35. The van der Waals surface area contributed by atoms with Crippen LogP contribution in [-0.4, -0.2) is 67.6 Å². The Balaban J connectivity index is 1.45. The predicted octanol–water partition coefficient (Wildman–Crippen LogP) is 1.53. The zero-order chi connectivity index (χ0) is 18.4. The second-order valence-electron chi connectivity index (χ2n) is 6.92. The summed E-state index contributed by atoms with van der Waals surface area (Å²) in [5, 5.41) is 3.59. The van der Waals surface area contributed by atoms with E-state index in [2.05, 4.69) is 10.2 Å². The lowest BCUT2D eigenvalue weighted by atomic mass is 9.96. The molecule has 6 nitrogen and oxygen atoms in total. The normalized spacial score (nSPS) is 21.4. The van der Waals surface area contributed by atoms with Gasteiger partial charge in [0, 0.05) is 31.2 Å². The van der Waals surface area contributed by atoms with Crippen molar-refractivity contribution in [1.82, 2.24) is 15.1 Å². The van der Waals surface area contributed by atoms with Gasteiger partial charge < -0.3 is 15.0 Å².